The van der Waals surface area contributed by atoms with E-state index in [1.54, 1.807) is 6.92 Å². The molecule has 1 heterocycles. The Labute approximate surface area is 172 Å². The number of hydrogen-bond donors (Lipinski definition) is 1. The van der Waals surface area contributed by atoms with Gasteiger partial charge in [0.15, 0.2) is 0 Å². The van der Waals surface area contributed by atoms with Crippen molar-refractivity contribution in [1.29, 1.82) is 0 Å². The summed E-state index contributed by atoms with van der Waals surface area (Å²) in [6, 6.07) is 6.00. The van der Waals surface area contributed by atoms with Crippen molar-refractivity contribution in [3.63, 3.8) is 0 Å². The van der Waals surface area contributed by atoms with Crippen molar-refractivity contribution in [3.8, 4) is 0 Å². The Morgan fingerprint density at radius 3 is 2.31 bits per heavy atom. The van der Waals surface area contributed by atoms with E-state index in [1.807, 2.05) is 11.8 Å². The minimum Gasteiger partial charge on any atom is -0.462 e. The van der Waals surface area contributed by atoms with E-state index >= 15 is 0 Å². The van der Waals surface area contributed by atoms with Crippen molar-refractivity contribution in [2.75, 3.05) is 39.3 Å². The normalized spacial score (nSPS) is 19.5. The number of nitrogens with zero attached hydrogens (tertiary/aromatic N) is 2. The zero-order valence-electron chi connectivity index (χ0n) is 17.0. The molecular weight excluding hydrogens is 394 g/mol. The largest absolute Gasteiger partial charge is 0.462 e. The molecule has 0 spiro atoms. The first-order valence-electron chi connectivity index (χ1n) is 10.1. The number of amides is 1. The van der Waals surface area contributed by atoms with Gasteiger partial charge in [0, 0.05) is 32.2 Å². The van der Waals surface area contributed by atoms with Crippen molar-refractivity contribution in [3.05, 3.63) is 29.8 Å². The topological polar surface area (TPSA) is 96.0 Å². The van der Waals surface area contributed by atoms with Gasteiger partial charge in [0.1, 0.15) is 0 Å². The van der Waals surface area contributed by atoms with Crippen molar-refractivity contribution in [2.24, 2.45) is 5.92 Å². The molecule has 8 nitrogen and oxygen atoms in total. The zero-order chi connectivity index (χ0) is 21.0. The van der Waals surface area contributed by atoms with Crippen LogP contribution in [-0.2, 0) is 19.6 Å². The zero-order valence-corrected chi connectivity index (χ0v) is 17.8. The molecule has 0 radical (unpaired) electrons. The van der Waals surface area contributed by atoms with Gasteiger partial charge in [-0.15, -0.1) is 0 Å². The molecule has 9 heteroatoms. The van der Waals surface area contributed by atoms with Gasteiger partial charge in [0.05, 0.1) is 23.6 Å². The molecule has 1 aromatic rings. The number of hydrogen-bond acceptors (Lipinski definition) is 6. The van der Waals surface area contributed by atoms with Gasteiger partial charge in [0.25, 0.3) is 0 Å². The maximum Gasteiger partial charge on any atom is 0.338 e. The summed E-state index contributed by atoms with van der Waals surface area (Å²) in [5.74, 6) is 0.130. The number of nitrogens with one attached hydrogen (secondary N) is 1. The highest BCUT2D eigenvalue weighted by molar-refractivity contribution is 7.89. The average molecular weight is 424 g/mol. The molecule has 160 valence electrons. The summed E-state index contributed by atoms with van der Waals surface area (Å²) in [4.78, 5) is 26.0. The van der Waals surface area contributed by atoms with Crippen LogP contribution in [0.15, 0.2) is 29.2 Å². The van der Waals surface area contributed by atoms with Crippen molar-refractivity contribution in [1.82, 2.24) is 14.5 Å². The standard InChI is InChI=1S/C20H29N3O5S/c1-3-28-20(25)17-6-8-18(9-7-17)29(26,27)23-12-10-22(11-13-23)14-19(24)21-15(2)16-4-5-16/h6-9,15-16H,3-5,10-14H2,1-2H3,(H,21,24). The van der Waals surface area contributed by atoms with Gasteiger partial charge in [-0.3, -0.25) is 9.69 Å². The number of sulfonamides is 1. The van der Waals surface area contributed by atoms with Crippen LogP contribution in [0.1, 0.15) is 37.0 Å². The van der Waals surface area contributed by atoms with E-state index in [1.165, 1.54) is 41.4 Å². The molecule has 2 fully saturated rings. The van der Waals surface area contributed by atoms with Crippen molar-refractivity contribution in [2.45, 2.75) is 37.6 Å². The fourth-order valence-corrected chi connectivity index (χ4v) is 4.89. The Balaban J connectivity index is 1.52. The third-order valence-electron chi connectivity index (χ3n) is 5.42. The maximum absolute atomic E-state index is 12.9. The molecule has 1 saturated heterocycles. The van der Waals surface area contributed by atoms with E-state index in [0.717, 1.165) is 0 Å². The number of benzene rings is 1. The fourth-order valence-electron chi connectivity index (χ4n) is 3.47. The molecule has 1 unspecified atom stereocenters. The number of carbonyl (C=O) groups is 2. The molecule has 1 aliphatic carbocycles. The van der Waals surface area contributed by atoms with Crippen LogP contribution >= 0.6 is 0 Å². The molecular formula is C20H29N3O5S. The summed E-state index contributed by atoms with van der Waals surface area (Å²) in [5, 5.41) is 3.03. The molecule has 0 bridgehead atoms. The monoisotopic (exact) mass is 423 g/mol. The van der Waals surface area contributed by atoms with Crippen LogP contribution in [0.2, 0.25) is 0 Å². The highest BCUT2D eigenvalue weighted by atomic mass is 32.2. The van der Waals surface area contributed by atoms with Crippen LogP contribution in [0.3, 0.4) is 0 Å². The third kappa shape index (κ3) is 5.55. The van der Waals surface area contributed by atoms with Crippen LogP contribution in [0.25, 0.3) is 0 Å². The molecule has 1 aromatic carbocycles. The maximum atomic E-state index is 12.9. The van der Waals surface area contributed by atoms with Gasteiger partial charge in [-0.1, -0.05) is 0 Å². The van der Waals surface area contributed by atoms with E-state index in [-0.39, 0.29) is 23.5 Å². The molecule has 1 atom stereocenters. The van der Waals surface area contributed by atoms with E-state index in [9.17, 15) is 18.0 Å². The average Bonchev–Trinajstić information content (AvgIpc) is 3.54. The predicted molar refractivity (Wildman–Crippen MR) is 108 cm³/mol. The lowest BCUT2D eigenvalue weighted by Crippen LogP contribution is -2.51. The Morgan fingerprint density at radius 1 is 1.14 bits per heavy atom. The Hall–Kier alpha value is -1.97. The fraction of sp³-hybridized carbons (Fsp3) is 0.600. The summed E-state index contributed by atoms with van der Waals surface area (Å²) in [6.45, 7) is 5.97. The van der Waals surface area contributed by atoms with E-state index < -0.39 is 16.0 Å². The van der Waals surface area contributed by atoms with Gasteiger partial charge in [-0.25, -0.2) is 13.2 Å². The Morgan fingerprint density at radius 2 is 1.76 bits per heavy atom. The first-order chi connectivity index (χ1) is 13.8. The molecule has 0 aromatic heterocycles. The quantitative estimate of drug-likeness (QED) is 0.629. The molecule has 1 saturated carbocycles. The van der Waals surface area contributed by atoms with Gasteiger partial charge in [-0.2, -0.15) is 4.31 Å². The van der Waals surface area contributed by atoms with Crippen molar-refractivity contribution >= 4 is 21.9 Å². The number of rotatable bonds is 8. The number of ether oxygens (including phenoxy) is 1. The molecule has 29 heavy (non-hydrogen) atoms. The van der Waals surface area contributed by atoms with Crippen LogP contribution in [0, 0.1) is 5.92 Å². The lowest BCUT2D eigenvalue weighted by molar-refractivity contribution is -0.123. The molecule has 1 N–H and O–H groups in total. The van der Waals surface area contributed by atoms with E-state index in [2.05, 4.69) is 5.32 Å². The minimum absolute atomic E-state index is 0.00439. The van der Waals surface area contributed by atoms with Gasteiger partial charge < -0.3 is 10.1 Å². The lowest BCUT2D eigenvalue weighted by atomic mass is 10.2. The first kappa shape index (κ1) is 21.7. The summed E-state index contributed by atoms with van der Waals surface area (Å²) in [5.41, 5.74) is 0.321. The van der Waals surface area contributed by atoms with Crippen LogP contribution < -0.4 is 5.32 Å². The highest BCUT2D eigenvalue weighted by Crippen LogP contribution is 2.32. The van der Waals surface area contributed by atoms with Gasteiger partial charge >= 0.3 is 5.97 Å². The second-order valence-corrected chi connectivity index (χ2v) is 9.56. The van der Waals surface area contributed by atoms with Gasteiger partial charge in [-0.05, 0) is 56.9 Å². The van der Waals surface area contributed by atoms with Crippen LogP contribution in [0.5, 0.6) is 0 Å². The molecule has 3 rings (SSSR count). The van der Waals surface area contributed by atoms with Crippen molar-refractivity contribution < 1.29 is 22.7 Å². The third-order valence-corrected chi connectivity index (χ3v) is 7.33. The number of piperazine rings is 1. The van der Waals surface area contributed by atoms with E-state index in [0.29, 0.717) is 44.2 Å². The molecule has 1 amide bonds. The second kappa shape index (κ2) is 9.23. The molecule has 2 aliphatic rings. The first-order valence-corrected chi connectivity index (χ1v) is 11.5. The van der Waals surface area contributed by atoms with Gasteiger partial charge in [0.2, 0.25) is 15.9 Å². The summed E-state index contributed by atoms with van der Waals surface area (Å²) < 4.78 is 32.1. The highest BCUT2D eigenvalue weighted by Gasteiger charge is 2.31. The molecule has 1 aliphatic heterocycles. The summed E-state index contributed by atoms with van der Waals surface area (Å²) >= 11 is 0. The predicted octanol–water partition coefficient (Wildman–Crippen LogP) is 1.08. The van der Waals surface area contributed by atoms with Crippen LogP contribution in [0.4, 0.5) is 0 Å². The summed E-state index contributed by atoms with van der Waals surface area (Å²) in [6.07, 6.45) is 2.36. The second-order valence-electron chi connectivity index (χ2n) is 7.62. The summed E-state index contributed by atoms with van der Waals surface area (Å²) in [7, 11) is -3.64. The Bertz CT molecular complexity index is 828. The smallest absolute Gasteiger partial charge is 0.338 e. The number of carbonyl (C=O) groups excluding carboxylic acids is 2. The number of esters is 1. The van der Waals surface area contributed by atoms with E-state index in [4.69, 9.17) is 4.74 Å². The van der Waals surface area contributed by atoms with Crippen LogP contribution in [-0.4, -0.2) is 74.9 Å². The Kier molecular flexibility index (Phi) is 6.92. The lowest BCUT2D eigenvalue weighted by Gasteiger charge is -2.33. The minimum atomic E-state index is -3.64. The SMILES string of the molecule is CCOC(=O)c1ccc(S(=O)(=O)N2CCN(CC(=O)NC(C)C3CC3)CC2)cc1.